The third kappa shape index (κ3) is 2.75. The van der Waals surface area contributed by atoms with Crippen LogP contribution in [0, 0.1) is 11.6 Å². The number of benzene rings is 1. The molecule has 0 bridgehead atoms. The maximum absolute atomic E-state index is 13.3. The molecule has 3 heteroatoms. The molecule has 1 heterocycles. The molecule has 0 radical (unpaired) electrons. The summed E-state index contributed by atoms with van der Waals surface area (Å²) < 4.78 is 26.0. The van der Waals surface area contributed by atoms with Crippen LogP contribution in [-0.2, 0) is 6.42 Å². The van der Waals surface area contributed by atoms with E-state index in [-0.39, 0.29) is 0 Å². The van der Waals surface area contributed by atoms with E-state index in [0.29, 0.717) is 18.0 Å². The molecule has 1 atom stereocenters. The fraction of sp³-hybridized carbons (Fsp3) is 0.500. The molecular weight excluding hydrogens is 196 g/mol. The maximum Gasteiger partial charge on any atom is 0.129 e. The van der Waals surface area contributed by atoms with Gasteiger partial charge in [0.2, 0.25) is 0 Å². The Balaban J connectivity index is 2.03. The molecule has 1 unspecified atom stereocenters. The highest BCUT2D eigenvalue weighted by molar-refractivity contribution is 5.19. The van der Waals surface area contributed by atoms with Crippen LogP contribution in [-0.4, -0.2) is 12.6 Å². The molecule has 1 aliphatic rings. The first kappa shape index (κ1) is 10.6. The van der Waals surface area contributed by atoms with Crippen molar-refractivity contribution in [1.82, 2.24) is 5.32 Å². The summed E-state index contributed by atoms with van der Waals surface area (Å²) in [7, 11) is 0. The summed E-state index contributed by atoms with van der Waals surface area (Å²) >= 11 is 0. The molecule has 1 nitrogen and oxygen atoms in total. The van der Waals surface area contributed by atoms with Crippen LogP contribution in [0.2, 0.25) is 0 Å². The highest BCUT2D eigenvalue weighted by atomic mass is 19.1. The molecule has 0 amide bonds. The minimum Gasteiger partial charge on any atom is -0.314 e. The Kier molecular flexibility index (Phi) is 3.31. The molecule has 1 aliphatic heterocycles. The maximum atomic E-state index is 13.3. The monoisotopic (exact) mass is 211 g/mol. The molecule has 82 valence electrons. The van der Waals surface area contributed by atoms with Crippen LogP contribution in [0.4, 0.5) is 8.78 Å². The normalized spacial score (nSPS) is 21.6. The topological polar surface area (TPSA) is 12.0 Å². The fourth-order valence-electron chi connectivity index (χ4n) is 2.05. The van der Waals surface area contributed by atoms with Crippen molar-refractivity contribution in [2.75, 3.05) is 6.54 Å². The molecule has 1 N–H and O–H groups in total. The van der Waals surface area contributed by atoms with Gasteiger partial charge < -0.3 is 5.32 Å². The Labute approximate surface area is 88.5 Å². The zero-order chi connectivity index (χ0) is 10.7. The van der Waals surface area contributed by atoms with Gasteiger partial charge in [-0.2, -0.15) is 0 Å². The van der Waals surface area contributed by atoms with Gasteiger partial charge in [-0.05, 0) is 37.4 Å². The van der Waals surface area contributed by atoms with Gasteiger partial charge in [0, 0.05) is 12.1 Å². The SMILES string of the molecule is Fc1ccc(CC2CCCCN2)c(F)c1. The number of hydrogen-bond acceptors (Lipinski definition) is 1. The predicted molar refractivity (Wildman–Crippen MR) is 55.7 cm³/mol. The summed E-state index contributed by atoms with van der Waals surface area (Å²) in [4.78, 5) is 0. The van der Waals surface area contributed by atoms with Crippen LogP contribution in [0.15, 0.2) is 18.2 Å². The number of nitrogens with one attached hydrogen (secondary N) is 1. The van der Waals surface area contributed by atoms with Crippen molar-refractivity contribution in [3.05, 3.63) is 35.4 Å². The van der Waals surface area contributed by atoms with Crippen LogP contribution in [0.25, 0.3) is 0 Å². The third-order valence-electron chi connectivity index (χ3n) is 2.89. The average molecular weight is 211 g/mol. The van der Waals surface area contributed by atoms with Crippen LogP contribution in [0.5, 0.6) is 0 Å². The number of halogens is 2. The third-order valence-corrected chi connectivity index (χ3v) is 2.89. The van der Waals surface area contributed by atoms with Gasteiger partial charge in [-0.25, -0.2) is 8.78 Å². The van der Waals surface area contributed by atoms with Crippen LogP contribution < -0.4 is 5.32 Å². The standard InChI is InChI=1S/C12H15F2N/c13-10-5-4-9(12(14)8-10)7-11-3-1-2-6-15-11/h4-5,8,11,15H,1-3,6-7H2. The first-order chi connectivity index (χ1) is 7.25. The van der Waals surface area contributed by atoms with Gasteiger partial charge in [0.05, 0.1) is 0 Å². The Bertz CT molecular complexity index is 332. The molecular formula is C12H15F2N. The van der Waals surface area contributed by atoms with Crippen LogP contribution in [0.1, 0.15) is 24.8 Å². The quantitative estimate of drug-likeness (QED) is 0.793. The largest absolute Gasteiger partial charge is 0.314 e. The lowest BCUT2D eigenvalue weighted by Gasteiger charge is -2.23. The van der Waals surface area contributed by atoms with Crippen LogP contribution >= 0.6 is 0 Å². The minimum atomic E-state index is -0.507. The van der Waals surface area contributed by atoms with Gasteiger partial charge in [0.25, 0.3) is 0 Å². The van der Waals surface area contributed by atoms with Gasteiger partial charge in [-0.3, -0.25) is 0 Å². The fourth-order valence-corrected chi connectivity index (χ4v) is 2.05. The van der Waals surface area contributed by atoms with Gasteiger partial charge >= 0.3 is 0 Å². The van der Waals surface area contributed by atoms with Crippen molar-refractivity contribution >= 4 is 0 Å². The van der Waals surface area contributed by atoms with E-state index in [9.17, 15) is 8.78 Å². The summed E-state index contributed by atoms with van der Waals surface area (Å²) in [6.07, 6.45) is 4.13. The van der Waals surface area contributed by atoms with Crippen molar-refractivity contribution in [3.63, 3.8) is 0 Å². The number of hydrogen-bond donors (Lipinski definition) is 1. The van der Waals surface area contributed by atoms with Gasteiger partial charge in [-0.15, -0.1) is 0 Å². The highest BCUT2D eigenvalue weighted by Crippen LogP contribution is 2.16. The zero-order valence-corrected chi connectivity index (χ0v) is 8.60. The second kappa shape index (κ2) is 4.71. The predicted octanol–water partition coefficient (Wildman–Crippen LogP) is 2.65. The lowest BCUT2D eigenvalue weighted by Crippen LogP contribution is -2.35. The van der Waals surface area contributed by atoms with Crippen LogP contribution in [0.3, 0.4) is 0 Å². The molecule has 1 saturated heterocycles. The van der Waals surface area contributed by atoms with E-state index in [4.69, 9.17) is 0 Å². The molecule has 1 aromatic rings. The van der Waals surface area contributed by atoms with Crippen molar-refractivity contribution in [3.8, 4) is 0 Å². The Morgan fingerprint density at radius 2 is 2.13 bits per heavy atom. The molecule has 0 aliphatic carbocycles. The summed E-state index contributed by atoms with van der Waals surface area (Å²) in [5, 5.41) is 3.35. The number of piperidine rings is 1. The van der Waals surface area contributed by atoms with Crippen molar-refractivity contribution in [1.29, 1.82) is 0 Å². The Hall–Kier alpha value is -0.960. The first-order valence-corrected chi connectivity index (χ1v) is 5.43. The molecule has 0 aromatic heterocycles. The molecule has 0 saturated carbocycles. The number of rotatable bonds is 2. The van der Waals surface area contributed by atoms with Crippen molar-refractivity contribution in [2.45, 2.75) is 31.7 Å². The van der Waals surface area contributed by atoms with E-state index in [1.165, 1.54) is 18.9 Å². The second-order valence-electron chi connectivity index (χ2n) is 4.09. The van der Waals surface area contributed by atoms with E-state index in [0.717, 1.165) is 19.0 Å². The molecule has 0 spiro atoms. The van der Waals surface area contributed by atoms with Gasteiger partial charge in [-0.1, -0.05) is 12.5 Å². The summed E-state index contributed by atoms with van der Waals surface area (Å²) in [6, 6.07) is 4.17. The van der Waals surface area contributed by atoms with Crippen molar-refractivity contribution < 1.29 is 8.78 Å². The minimum absolute atomic E-state index is 0.346. The Morgan fingerprint density at radius 1 is 1.27 bits per heavy atom. The van der Waals surface area contributed by atoms with Gasteiger partial charge in [0.15, 0.2) is 0 Å². The zero-order valence-electron chi connectivity index (χ0n) is 8.60. The molecule has 15 heavy (non-hydrogen) atoms. The van der Waals surface area contributed by atoms with Gasteiger partial charge in [0.1, 0.15) is 11.6 Å². The van der Waals surface area contributed by atoms with Crippen molar-refractivity contribution in [2.24, 2.45) is 0 Å². The van der Waals surface area contributed by atoms with E-state index < -0.39 is 11.6 Å². The molecule has 1 aromatic carbocycles. The van der Waals surface area contributed by atoms with E-state index in [2.05, 4.69) is 5.32 Å². The second-order valence-corrected chi connectivity index (χ2v) is 4.09. The molecule has 1 fully saturated rings. The lowest BCUT2D eigenvalue weighted by molar-refractivity contribution is 0.394. The molecule has 2 rings (SSSR count). The summed E-state index contributed by atoms with van der Waals surface area (Å²) in [5.74, 6) is -0.935. The van der Waals surface area contributed by atoms with E-state index in [1.807, 2.05) is 0 Å². The highest BCUT2D eigenvalue weighted by Gasteiger charge is 2.15. The smallest absolute Gasteiger partial charge is 0.129 e. The van der Waals surface area contributed by atoms with E-state index >= 15 is 0 Å². The summed E-state index contributed by atoms with van der Waals surface area (Å²) in [6.45, 7) is 1.01. The summed E-state index contributed by atoms with van der Waals surface area (Å²) in [5.41, 5.74) is 0.607. The Morgan fingerprint density at radius 3 is 2.80 bits per heavy atom. The average Bonchev–Trinajstić information content (AvgIpc) is 2.24. The lowest BCUT2D eigenvalue weighted by atomic mass is 9.97. The van der Waals surface area contributed by atoms with E-state index in [1.54, 1.807) is 6.07 Å². The first-order valence-electron chi connectivity index (χ1n) is 5.43.